The number of aromatic amines is 1. The van der Waals surface area contributed by atoms with Gasteiger partial charge in [0.1, 0.15) is 5.69 Å². The molecule has 5 nitrogen and oxygen atoms in total. The van der Waals surface area contributed by atoms with Crippen molar-refractivity contribution in [3.05, 3.63) is 53.2 Å². The Balaban J connectivity index is 2.30. The summed E-state index contributed by atoms with van der Waals surface area (Å²) in [4.78, 5) is 26.9. The molecule has 0 unspecified atom stereocenters. The predicted molar refractivity (Wildman–Crippen MR) is 63.4 cm³/mol. The van der Waals surface area contributed by atoms with E-state index in [0.717, 1.165) is 0 Å². The van der Waals surface area contributed by atoms with Crippen molar-refractivity contribution in [2.75, 3.05) is 0 Å². The zero-order chi connectivity index (χ0) is 11.7. The van der Waals surface area contributed by atoms with Gasteiger partial charge < -0.3 is 4.98 Å². The summed E-state index contributed by atoms with van der Waals surface area (Å²) in [6.45, 7) is 0. The van der Waals surface area contributed by atoms with Crippen LogP contribution in [0.5, 0.6) is 0 Å². The van der Waals surface area contributed by atoms with E-state index in [2.05, 4.69) is 19.9 Å². The first-order valence-corrected chi connectivity index (χ1v) is 5.10. The van der Waals surface area contributed by atoms with Gasteiger partial charge >= 0.3 is 0 Å². The third-order valence-corrected chi connectivity index (χ3v) is 2.41. The van der Waals surface area contributed by atoms with Crippen molar-refractivity contribution in [3.8, 4) is 11.5 Å². The van der Waals surface area contributed by atoms with E-state index in [-0.39, 0.29) is 5.56 Å². The molecule has 0 aliphatic rings. The molecule has 0 aliphatic heterocycles. The number of pyridine rings is 2. The Bertz CT molecular complexity index is 721. The SMILES string of the molecule is O=c1[nH]c(-c2ccccn2)nc2ccncc12. The largest absolute Gasteiger partial charge is 0.305 e. The van der Waals surface area contributed by atoms with E-state index in [1.165, 1.54) is 6.20 Å². The summed E-state index contributed by atoms with van der Waals surface area (Å²) in [7, 11) is 0. The van der Waals surface area contributed by atoms with Gasteiger partial charge in [0.05, 0.1) is 10.9 Å². The molecule has 0 saturated carbocycles. The molecule has 3 heterocycles. The Hall–Kier alpha value is -2.56. The van der Waals surface area contributed by atoms with Gasteiger partial charge in [0.2, 0.25) is 0 Å². The van der Waals surface area contributed by atoms with Crippen molar-refractivity contribution < 1.29 is 0 Å². The Kier molecular flexibility index (Phi) is 2.15. The zero-order valence-electron chi connectivity index (χ0n) is 8.79. The smallest absolute Gasteiger partial charge is 0.260 e. The van der Waals surface area contributed by atoms with E-state index in [0.29, 0.717) is 22.4 Å². The lowest BCUT2D eigenvalue weighted by Gasteiger charge is -2.01. The average Bonchev–Trinajstić information content (AvgIpc) is 2.40. The molecule has 3 aromatic rings. The van der Waals surface area contributed by atoms with Crippen LogP contribution in [0, 0.1) is 0 Å². The van der Waals surface area contributed by atoms with Crippen molar-refractivity contribution in [2.24, 2.45) is 0 Å². The van der Waals surface area contributed by atoms with Gasteiger partial charge in [-0.05, 0) is 18.2 Å². The van der Waals surface area contributed by atoms with Crippen molar-refractivity contribution in [1.29, 1.82) is 0 Å². The van der Waals surface area contributed by atoms with E-state index in [1.54, 1.807) is 24.5 Å². The number of rotatable bonds is 1. The molecule has 3 rings (SSSR count). The minimum atomic E-state index is -0.205. The summed E-state index contributed by atoms with van der Waals surface area (Å²) in [5.41, 5.74) is 1.05. The normalized spacial score (nSPS) is 10.6. The lowest BCUT2D eigenvalue weighted by molar-refractivity contribution is 1.14. The molecule has 3 aromatic heterocycles. The summed E-state index contributed by atoms with van der Waals surface area (Å²) in [5.74, 6) is 0.467. The van der Waals surface area contributed by atoms with Crippen LogP contribution in [0.3, 0.4) is 0 Å². The second kappa shape index (κ2) is 3.79. The predicted octanol–water partition coefficient (Wildman–Crippen LogP) is 1.38. The molecule has 0 spiro atoms. The molecular formula is C12H8N4O. The fraction of sp³-hybridized carbons (Fsp3) is 0. The van der Waals surface area contributed by atoms with Crippen LogP contribution in [0.15, 0.2) is 47.7 Å². The van der Waals surface area contributed by atoms with E-state index in [1.807, 2.05) is 12.1 Å². The number of hydrogen-bond acceptors (Lipinski definition) is 4. The highest BCUT2D eigenvalue weighted by Gasteiger charge is 2.05. The molecule has 1 N–H and O–H groups in total. The van der Waals surface area contributed by atoms with E-state index >= 15 is 0 Å². The molecule has 82 valence electrons. The molecule has 0 fully saturated rings. The van der Waals surface area contributed by atoms with Gasteiger partial charge in [-0.1, -0.05) is 6.07 Å². The topological polar surface area (TPSA) is 71.5 Å². The summed E-state index contributed by atoms with van der Waals surface area (Å²) >= 11 is 0. The molecule has 5 heteroatoms. The molecule has 0 saturated heterocycles. The highest BCUT2D eigenvalue weighted by Crippen LogP contribution is 2.12. The molecule has 17 heavy (non-hydrogen) atoms. The van der Waals surface area contributed by atoms with Crippen molar-refractivity contribution in [3.63, 3.8) is 0 Å². The van der Waals surface area contributed by atoms with Crippen LogP contribution in [0.4, 0.5) is 0 Å². The van der Waals surface area contributed by atoms with Crippen LogP contribution >= 0.6 is 0 Å². The molecule has 0 radical (unpaired) electrons. The minimum Gasteiger partial charge on any atom is -0.305 e. The van der Waals surface area contributed by atoms with E-state index < -0.39 is 0 Å². The third-order valence-electron chi connectivity index (χ3n) is 2.41. The van der Waals surface area contributed by atoms with Gasteiger partial charge in [-0.3, -0.25) is 14.8 Å². The van der Waals surface area contributed by atoms with Gasteiger partial charge in [-0.25, -0.2) is 4.98 Å². The maximum absolute atomic E-state index is 11.8. The minimum absolute atomic E-state index is 0.205. The maximum atomic E-state index is 11.8. The quantitative estimate of drug-likeness (QED) is 0.677. The Labute approximate surface area is 96.2 Å². The molecule has 0 atom stereocenters. The van der Waals surface area contributed by atoms with Crippen LogP contribution in [0.25, 0.3) is 22.4 Å². The number of nitrogens with one attached hydrogen (secondary N) is 1. The first-order valence-electron chi connectivity index (χ1n) is 5.10. The summed E-state index contributed by atoms with van der Waals surface area (Å²) in [6, 6.07) is 7.16. The zero-order valence-corrected chi connectivity index (χ0v) is 8.79. The number of nitrogens with zero attached hydrogens (tertiary/aromatic N) is 3. The fourth-order valence-electron chi connectivity index (χ4n) is 1.61. The lowest BCUT2D eigenvalue weighted by atomic mass is 10.3. The van der Waals surface area contributed by atoms with Crippen molar-refractivity contribution in [1.82, 2.24) is 19.9 Å². The van der Waals surface area contributed by atoms with Crippen LogP contribution in [0.1, 0.15) is 0 Å². The molecular weight excluding hydrogens is 216 g/mol. The molecule has 0 bridgehead atoms. The van der Waals surface area contributed by atoms with E-state index in [9.17, 15) is 4.79 Å². The fourth-order valence-corrected chi connectivity index (χ4v) is 1.61. The van der Waals surface area contributed by atoms with Gasteiger partial charge in [-0.15, -0.1) is 0 Å². The third kappa shape index (κ3) is 1.67. The first kappa shape index (κ1) is 9.65. The van der Waals surface area contributed by atoms with Crippen LogP contribution in [-0.4, -0.2) is 19.9 Å². The summed E-state index contributed by atoms with van der Waals surface area (Å²) < 4.78 is 0. The lowest BCUT2D eigenvalue weighted by Crippen LogP contribution is -2.10. The monoisotopic (exact) mass is 224 g/mol. The van der Waals surface area contributed by atoms with Gasteiger partial charge in [0.15, 0.2) is 5.82 Å². The van der Waals surface area contributed by atoms with E-state index in [4.69, 9.17) is 0 Å². The van der Waals surface area contributed by atoms with Gasteiger partial charge in [0.25, 0.3) is 5.56 Å². The second-order valence-electron chi connectivity index (χ2n) is 3.52. The Morgan fingerprint density at radius 2 is 2.06 bits per heavy atom. The summed E-state index contributed by atoms with van der Waals surface area (Å²) in [5, 5.41) is 0.479. The number of hydrogen-bond donors (Lipinski definition) is 1. The number of H-pyrrole nitrogens is 1. The highest BCUT2D eigenvalue weighted by atomic mass is 16.1. The second-order valence-corrected chi connectivity index (χ2v) is 3.52. The molecule has 0 amide bonds. The number of fused-ring (bicyclic) bond motifs is 1. The Morgan fingerprint density at radius 3 is 2.88 bits per heavy atom. The van der Waals surface area contributed by atoms with Gasteiger partial charge in [-0.2, -0.15) is 0 Å². The average molecular weight is 224 g/mol. The van der Waals surface area contributed by atoms with Crippen LogP contribution in [0.2, 0.25) is 0 Å². The van der Waals surface area contributed by atoms with Crippen molar-refractivity contribution >= 4 is 10.9 Å². The van der Waals surface area contributed by atoms with Crippen LogP contribution < -0.4 is 5.56 Å². The Morgan fingerprint density at radius 1 is 1.12 bits per heavy atom. The standard InChI is InChI=1S/C12H8N4O/c17-12-8-7-13-6-4-9(8)15-11(16-12)10-3-1-2-5-14-10/h1-7H,(H,15,16,17). The number of aromatic nitrogens is 4. The highest BCUT2D eigenvalue weighted by molar-refractivity contribution is 5.77. The maximum Gasteiger partial charge on any atom is 0.260 e. The molecule has 0 aliphatic carbocycles. The van der Waals surface area contributed by atoms with Crippen molar-refractivity contribution in [2.45, 2.75) is 0 Å². The molecule has 0 aromatic carbocycles. The summed E-state index contributed by atoms with van der Waals surface area (Å²) in [6.07, 6.45) is 4.77. The first-order chi connectivity index (χ1) is 8.34. The van der Waals surface area contributed by atoms with Crippen LogP contribution in [-0.2, 0) is 0 Å². The van der Waals surface area contributed by atoms with Gasteiger partial charge in [0, 0.05) is 18.6 Å².